The maximum atomic E-state index is 13.2. The predicted molar refractivity (Wildman–Crippen MR) is 102 cm³/mol. The molecular weight excluding hydrogens is 427 g/mol. The van der Waals surface area contributed by atoms with Crippen molar-refractivity contribution in [2.75, 3.05) is 13.7 Å². The van der Waals surface area contributed by atoms with Crippen LogP contribution >= 0.6 is 0 Å². The van der Waals surface area contributed by atoms with Crippen LogP contribution in [0, 0.1) is 11.6 Å². The molecule has 0 spiro atoms. The highest BCUT2D eigenvalue weighted by Crippen LogP contribution is 2.14. The average Bonchev–Trinajstić information content (AvgIpc) is 2.67. The number of hydrogen-bond acceptors (Lipinski definition) is 5. The molecule has 0 saturated carbocycles. The number of carbonyl (C=O) groups is 1. The summed E-state index contributed by atoms with van der Waals surface area (Å²) in [5.41, 5.74) is 7.36. The van der Waals surface area contributed by atoms with Gasteiger partial charge in [0.15, 0.2) is 0 Å². The van der Waals surface area contributed by atoms with Crippen molar-refractivity contribution >= 4 is 5.97 Å². The number of hydrogen-bond donors (Lipinski definition) is 4. The Kier molecular flexibility index (Phi) is 10.3. The molecule has 0 unspecified atom stereocenters. The van der Waals surface area contributed by atoms with Crippen LogP contribution in [0.15, 0.2) is 42.5 Å². The Morgan fingerprint density at radius 3 is 2.23 bits per heavy atom. The van der Waals surface area contributed by atoms with Gasteiger partial charge in [0.2, 0.25) is 0 Å². The number of aliphatic hydroxyl groups excluding tert-OH is 1. The summed E-state index contributed by atoms with van der Waals surface area (Å²) in [6.45, 7) is 0.825. The summed E-state index contributed by atoms with van der Waals surface area (Å²) in [4.78, 5) is 8.90. The molecule has 0 aliphatic carbocycles. The van der Waals surface area contributed by atoms with E-state index < -0.39 is 35.9 Å². The lowest BCUT2D eigenvalue weighted by atomic mass is 10.0. The Labute approximate surface area is 175 Å². The number of carboxylic acids is 1. The molecule has 172 valence electrons. The molecule has 0 fully saturated rings. The maximum Gasteiger partial charge on any atom is 0.490 e. The lowest BCUT2D eigenvalue weighted by molar-refractivity contribution is -0.192. The molecule has 2 aromatic carbocycles. The highest BCUT2D eigenvalue weighted by Gasteiger charge is 2.38. The standard InChI is InChI=1S/C18H22F2N2O2.C2HF3O2/c1-24-16-4-2-3-12(7-16)10-22-11-18(23)17(21)8-13-5-14(19)9-15(20)6-13;3-2(4,5)1(6)7/h2-7,9,17-18,22-23H,8,10-11,21H2,1H3;(H,6,7)/t17-,18+;/m0./s1. The lowest BCUT2D eigenvalue weighted by Gasteiger charge is -2.19. The topological polar surface area (TPSA) is 105 Å². The molecule has 0 radical (unpaired) electrons. The van der Waals surface area contributed by atoms with E-state index in [0.717, 1.165) is 17.4 Å². The first-order valence-electron chi connectivity index (χ1n) is 8.94. The first-order chi connectivity index (χ1) is 14.4. The van der Waals surface area contributed by atoms with Crippen LogP contribution in [0.2, 0.25) is 0 Å². The predicted octanol–water partition coefficient (Wildman–Crippen LogP) is 2.63. The molecule has 0 heterocycles. The monoisotopic (exact) mass is 450 g/mol. The van der Waals surface area contributed by atoms with Crippen LogP contribution in [0.3, 0.4) is 0 Å². The fourth-order valence-electron chi connectivity index (χ4n) is 2.44. The van der Waals surface area contributed by atoms with Gasteiger partial charge in [-0.25, -0.2) is 13.6 Å². The second-order valence-electron chi connectivity index (χ2n) is 6.50. The van der Waals surface area contributed by atoms with Gasteiger partial charge in [0.05, 0.1) is 13.2 Å². The Balaban J connectivity index is 0.000000592. The molecule has 0 aliphatic heterocycles. The molecule has 2 rings (SSSR count). The molecular formula is C20H23F5N2O4. The second kappa shape index (κ2) is 12.2. The number of halogens is 5. The molecule has 11 heteroatoms. The first kappa shape index (κ1) is 26.3. The number of alkyl halides is 3. The van der Waals surface area contributed by atoms with Gasteiger partial charge in [-0.1, -0.05) is 12.1 Å². The molecule has 5 N–H and O–H groups in total. The van der Waals surface area contributed by atoms with E-state index in [1.807, 2.05) is 24.3 Å². The van der Waals surface area contributed by atoms with E-state index in [1.54, 1.807) is 7.11 Å². The molecule has 0 aliphatic rings. The van der Waals surface area contributed by atoms with Crippen molar-refractivity contribution in [3.8, 4) is 5.75 Å². The van der Waals surface area contributed by atoms with E-state index in [2.05, 4.69) is 5.32 Å². The quantitative estimate of drug-likeness (QED) is 0.461. The summed E-state index contributed by atoms with van der Waals surface area (Å²) < 4.78 is 63.2. The number of benzene rings is 2. The summed E-state index contributed by atoms with van der Waals surface area (Å²) >= 11 is 0. The zero-order chi connectivity index (χ0) is 23.6. The third-order valence-corrected chi connectivity index (χ3v) is 3.95. The lowest BCUT2D eigenvalue weighted by Crippen LogP contribution is -2.43. The number of rotatable bonds is 8. The van der Waals surface area contributed by atoms with Gasteiger partial charge >= 0.3 is 12.1 Å². The van der Waals surface area contributed by atoms with Crippen molar-refractivity contribution in [3.05, 3.63) is 65.2 Å². The molecule has 2 atom stereocenters. The van der Waals surface area contributed by atoms with Gasteiger partial charge in [-0.2, -0.15) is 13.2 Å². The van der Waals surface area contributed by atoms with Crippen LogP contribution in [0.1, 0.15) is 11.1 Å². The van der Waals surface area contributed by atoms with E-state index in [9.17, 15) is 27.1 Å². The highest BCUT2D eigenvalue weighted by molar-refractivity contribution is 5.73. The number of aliphatic hydroxyl groups is 1. The van der Waals surface area contributed by atoms with Crippen LogP contribution in [0.25, 0.3) is 0 Å². The zero-order valence-corrected chi connectivity index (χ0v) is 16.5. The van der Waals surface area contributed by atoms with E-state index in [-0.39, 0.29) is 13.0 Å². The Morgan fingerprint density at radius 2 is 1.71 bits per heavy atom. The summed E-state index contributed by atoms with van der Waals surface area (Å²) in [6, 6.07) is 10.2. The third kappa shape index (κ3) is 10.2. The molecule has 0 amide bonds. The normalized spacial score (nSPS) is 13.0. The number of aliphatic carboxylic acids is 1. The number of carboxylic acid groups (broad SMARTS) is 1. The Morgan fingerprint density at radius 1 is 1.13 bits per heavy atom. The number of ether oxygens (including phenoxy) is 1. The van der Waals surface area contributed by atoms with Gasteiger partial charge in [-0.15, -0.1) is 0 Å². The highest BCUT2D eigenvalue weighted by atomic mass is 19.4. The fraction of sp³-hybridized carbons (Fsp3) is 0.350. The SMILES string of the molecule is COc1cccc(CNC[C@@H](O)[C@@H](N)Cc2cc(F)cc(F)c2)c1.O=C(O)C(F)(F)F. The minimum absolute atomic E-state index is 0.191. The molecule has 0 aromatic heterocycles. The maximum absolute atomic E-state index is 13.2. The number of methoxy groups -OCH3 is 1. The summed E-state index contributed by atoms with van der Waals surface area (Å²) in [7, 11) is 1.60. The van der Waals surface area contributed by atoms with Crippen molar-refractivity contribution in [2.24, 2.45) is 5.73 Å². The molecule has 0 saturated heterocycles. The zero-order valence-electron chi connectivity index (χ0n) is 16.5. The molecule has 31 heavy (non-hydrogen) atoms. The van der Waals surface area contributed by atoms with Crippen molar-refractivity contribution in [1.29, 1.82) is 0 Å². The second-order valence-corrected chi connectivity index (χ2v) is 6.50. The molecule has 2 aromatic rings. The minimum atomic E-state index is -5.08. The van der Waals surface area contributed by atoms with E-state index in [1.165, 1.54) is 12.1 Å². The van der Waals surface area contributed by atoms with Crippen LogP contribution < -0.4 is 15.8 Å². The summed E-state index contributed by atoms with van der Waals surface area (Å²) in [6.07, 6.45) is -5.72. The smallest absolute Gasteiger partial charge is 0.490 e. The van der Waals surface area contributed by atoms with Gasteiger partial charge in [0.1, 0.15) is 17.4 Å². The minimum Gasteiger partial charge on any atom is -0.497 e. The van der Waals surface area contributed by atoms with E-state index >= 15 is 0 Å². The van der Waals surface area contributed by atoms with E-state index in [4.69, 9.17) is 20.4 Å². The van der Waals surface area contributed by atoms with Gasteiger partial charge in [0, 0.05) is 25.2 Å². The van der Waals surface area contributed by atoms with Crippen molar-refractivity contribution in [2.45, 2.75) is 31.3 Å². The Hall–Kier alpha value is -2.76. The van der Waals surface area contributed by atoms with Crippen molar-refractivity contribution in [3.63, 3.8) is 0 Å². The van der Waals surface area contributed by atoms with Crippen LogP contribution in [-0.2, 0) is 17.8 Å². The van der Waals surface area contributed by atoms with Crippen LogP contribution in [0.5, 0.6) is 5.75 Å². The molecule has 0 bridgehead atoms. The average molecular weight is 450 g/mol. The van der Waals surface area contributed by atoms with E-state index in [0.29, 0.717) is 12.1 Å². The van der Waals surface area contributed by atoms with Gasteiger partial charge in [-0.3, -0.25) is 0 Å². The van der Waals surface area contributed by atoms with Crippen LogP contribution in [-0.4, -0.2) is 48.2 Å². The van der Waals surface area contributed by atoms with Gasteiger partial charge < -0.3 is 26.0 Å². The number of nitrogens with two attached hydrogens (primary N) is 1. The summed E-state index contributed by atoms with van der Waals surface area (Å²) in [5.74, 6) is -3.29. The fourth-order valence-corrected chi connectivity index (χ4v) is 2.44. The van der Waals surface area contributed by atoms with Crippen molar-refractivity contribution in [1.82, 2.24) is 5.32 Å². The summed E-state index contributed by atoms with van der Waals surface area (Å²) in [5, 5.41) is 20.3. The number of nitrogens with one attached hydrogen (secondary N) is 1. The first-order valence-corrected chi connectivity index (χ1v) is 8.94. The largest absolute Gasteiger partial charge is 0.497 e. The molecule has 6 nitrogen and oxygen atoms in total. The third-order valence-electron chi connectivity index (χ3n) is 3.95. The van der Waals surface area contributed by atoms with Crippen LogP contribution in [0.4, 0.5) is 22.0 Å². The van der Waals surface area contributed by atoms with Gasteiger partial charge in [0.25, 0.3) is 0 Å². The Bertz CT molecular complexity index is 828. The van der Waals surface area contributed by atoms with Gasteiger partial charge in [-0.05, 0) is 41.8 Å². The van der Waals surface area contributed by atoms with Crippen molar-refractivity contribution < 1.29 is 41.7 Å².